The average Bonchev–Trinajstić information content (AvgIpc) is 2.20. The first kappa shape index (κ1) is 9.84. The van der Waals surface area contributed by atoms with Crippen molar-refractivity contribution in [1.29, 1.82) is 0 Å². The number of benzene rings is 1. The number of aromatic nitrogens is 1. The zero-order chi connectivity index (χ0) is 10.8. The van der Waals surface area contributed by atoms with Gasteiger partial charge in [0.05, 0.1) is 5.69 Å². The third kappa shape index (κ3) is 1.89. The Morgan fingerprint density at radius 2 is 1.93 bits per heavy atom. The van der Waals surface area contributed by atoms with E-state index >= 15 is 0 Å². The summed E-state index contributed by atoms with van der Waals surface area (Å²) >= 11 is 0. The van der Waals surface area contributed by atoms with Gasteiger partial charge in [0.25, 0.3) is 0 Å². The first-order chi connectivity index (χ1) is 7.18. The Balaban J connectivity index is 2.60. The molecule has 0 saturated carbocycles. The fourth-order valence-electron chi connectivity index (χ4n) is 1.58. The lowest BCUT2D eigenvalue weighted by Crippen LogP contribution is -1.91. The fraction of sp³-hybridized carbons (Fsp3) is 0.154. The predicted molar refractivity (Wildman–Crippen MR) is 59.1 cm³/mol. The molecular formula is C13H12FN. The van der Waals surface area contributed by atoms with Crippen LogP contribution in [0.15, 0.2) is 36.5 Å². The SMILES string of the molecule is Cc1ccc(-c2ncccc2C)c(F)c1. The van der Waals surface area contributed by atoms with Gasteiger partial charge in [0.1, 0.15) is 5.82 Å². The van der Waals surface area contributed by atoms with Crippen LogP contribution in [-0.2, 0) is 0 Å². The molecule has 2 heteroatoms. The van der Waals surface area contributed by atoms with Gasteiger partial charge in [-0.15, -0.1) is 0 Å². The molecule has 0 aliphatic carbocycles. The Morgan fingerprint density at radius 3 is 2.60 bits per heavy atom. The lowest BCUT2D eigenvalue weighted by Gasteiger charge is -2.06. The maximum Gasteiger partial charge on any atom is 0.132 e. The Kier molecular flexibility index (Phi) is 2.50. The van der Waals surface area contributed by atoms with Crippen LogP contribution < -0.4 is 0 Å². The highest BCUT2D eigenvalue weighted by atomic mass is 19.1. The average molecular weight is 201 g/mol. The molecule has 0 amide bonds. The summed E-state index contributed by atoms with van der Waals surface area (Å²) in [5, 5.41) is 0. The molecule has 0 fully saturated rings. The monoisotopic (exact) mass is 201 g/mol. The van der Waals surface area contributed by atoms with E-state index in [9.17, 15) is 4.39 Å². The lowest BCUT2D eigenvalue weighted by atomic mass is 10.0. The normalized spacial score (nSPS) is 10.3. The largest absolute Gasteiger partial charge is 0.256 e. The van der Waals surface area contributed by atoms with Crippen molar-refractivity contribution in [2.45, 2.75) is 13.8 Å². The molecule has 0 bridgehead atoms. The molecule has 1 nitrogen and oxygen atoms in total. The highest BCUT2D eigenvalue weighted by Crippen LogP contribution is 2.24. The molecule has 2 aromatic rings. The van der Waals surface area contributed by atoms with Gasteiger partial charge in [-0.1, -0.05) is 12.1 Å². The van der Waals surface area contributed by atoms with E-state index in [4.69, 9.17) is 0 Å². The minimum absolute atomic E-state index is 0.211. The minimum atomic E-state index is -0.211. The van der Waals surface area contributed by atoms with E-state index < -0.39 is 0 Å². The molecule has 15 heavy (non-hydrogen) atoms. The van der Waals surface area contributed by atoms with E-state index in [1.807, 2.05) is 32.0 Å². The highest BCUT2D eigenvalue weighted by Gasteiger charge is 2.08. The van der Waals surface area contributed by atoms with E-state index in [1.165, 1.54) is 6.07 Å². The number of pyridine rings is 1. The third-order valence-corrected chi connectivity index (χ3v) is 2.39. The van der Waals surface area contributed by atoms with Gasteiger partial charge < -0.3 is 0 Å². The first-order valence-electron chi connectivity index (χ1n) is 4.86. The Labute approximate surface area is 88.6 Å². The van der Waals surface area contributed by atoms with Gasteiger partial charge in [0.15, 0.2) is 0 Å². The maximum absolute atomic E-state index is 13.7. The van der Waals surface area contributed by atoms with Crippen LogP contribution in [0.25, 0.3) is 11.3 Å². The van der Waals surface area contributed by atoms with Crippen molar-refractivity contribution in [3.8, 4) is 11.3 Å². The zero-order valence-corrected chi connectivity index (χ0v) is 8.79. The van der Waals surface area contributed by atoms with Gasteiger partial charge in [-0.3, -0.25) is 4.98 Å². The first-order valence-corrected chi connectivity index (χ1v) is 4.86. The van der Waals surface area contributed by atoms with Crippen molar-refractivity contribution in [2.75, 3.05) is 0 Å². The molecule has 0 aliphatic heterocycles. The van der Waals surface area contributed by atoms with Crippen LogP contribution in [0.4, 0.5) is 4.39 Å². The highest BCUT2D eigenvalue weighted by molar-refractivity contribution is 5.63. The fourth-order valence-corrected chi connectivity index (χ4v) is 1.58. The third-order valence-electron chi connectivity index (χ3n) is 2.39. The summed E-state index contributed by atoms with van der Waals surface area (Å²) in [5.41, 5.74) is 3.19. The molecule has 1 heterocycles. The molecule has 0 aliphatic rings. The van der Waals surface area contributed by atoms with Gasteiger partial charge in [-0.05, 0) is 43.2 Å². The van der Waals surface area contributed by atoms with Crippen LogP contribution in [0.5, 0.6) is 0 Å². The van der Waals surface area contributed by atoms with Crippen molar-refractivity contribution in [1.82, 2.24) is 4.98 Å². The van der Waals surface area contributed by atoms with E-state index in [0.717, 1.165) is 16.8 Å². The van der Waals surface area contributed by atoms with Crippen molar-refractivity contribution >= 4 is 0 Å². The summed E-state index contributed by atoms with van der Waals surface area (Å²) in [6.45, 7) is 3.81. The molecule has 0 saturated heterocycles. The van der Waals surface area contributed by atoms with Gasteiger partial charge >= 0.3 is 0 Å². The maximum atomic E-state index is 13.7. The van der Waals surface area contributed by atoms with E-state index in [1.54, 1.807) is 12.3 Å². The molecule has 1 aromatic carbocycles. The summed E-state index contributed by atoms with van der Waals surface area (Å²) in [4.78, 5) is 4.20. The van der Waals surface area contributed by atoms with Crippen LogP contribution in [0, 0.1) is 19.7 Å². The van der Waals surface area contributed by atoms with Crippen LogP contribution in [0.3, 0.4) is 0 Å². The van der Waals surface area contributed by atoms with Gasteiger partial charge in [0.2, 0.25) is 0 Å². The van der Waals surface area contributed by atoms with Crippen molar-refractivity contribution in [3.05, 3.63) is 53.5 Å². The van der Waals surface area contributed by atoms with Crippen LogP contribution in [0.1, 0.15) is 11.1 Å². The molecular weight excluding hydrogens is 189 g/mol. The Hall–Kier alpha value is -1.70. The van der Waals surface area contributed by atoms with Crippen LogP contribution >= 0.6 is 0 Å². The van der Waals surface area contributed by atoms with Crippen LogP contribution in [-0.4, -0.2) is 4.98 Å². The second-order valence-corrected chi connectivity index (χ2v) is 3.65. The summed E-state index contributed by atoms with van der Waals surface area (Å²) in [7, 11) is 0. The Bertz CT molecular complexity index is 492. The van der Waals surface area contributed by atoms with Crippen molar-refractivity contribution in [3.63, 3.8) is 0 Å². The standard InChI is InChI=1S/C13H12FN/c1-9-5-6-11(12(14)8-9)13-10(2)4-3-7-15-13/h3-8H,1-2H3. The van der Waals surface area contributed by atoms with Gasteiger partial charge in [0, 0.05) is 11.8 Å². The molecule has 0 unspecified atom stereocenters. The molecule has 0 radical (unpaired) electrons. The molecule has 2 rings (SSSR count). The minimum Gasteiger partial charge on any atom is -0.256 e. The smallest absolute Gasteiger partial charge is 0.132 e. The number of halogens is 1. The quantitative estimate of drug-likeness (QED) is 0.688. The van der Waals surface area contributed by atoms with E-state index in [0.29, 0.717) is 5.56 Å². The van der Waals surface area contributed by atoms with E-state index in [-0.39, 0.29) is 5.82 Å². The summed E-state index contributed by atoms with van der Waals surface area (Å²) in [6.07, 6.45) is 1.68. The van der Waals surface area contributed by atoms with Crippen molar-refractivity contribution in [2.24, 2.45) is 0 Å². The second kappa shape index (κ2) is 3.81. The van der Waals surface area contributed by atoms with Crippen molar-refractivity contribution < 1.29 is 4.39 Å². The van der Waals surface area contributed by atoms with E-state index in [2.05, 4.69) is 4.98 Å². The number of nitrogens with zero attached hydrogens (tertiary/aromatic N) is 1. The van der Waals surface area contributed by atoms with Gasteiger partial charge in [-0.25, -0.2) is 4.39 Å². The topological polar surface area (TPSA) is 12.9 Å². The second-order valence-electron chi connectivity index (χ2n) is 3.65. The Morgan fingerprint density at radius 1 is 1.13 bits per heavy atom. The molecule has 76 valence electrons. The summed E-state index contributed by atoms with van der Waals surface area (Å²) < 4.78 is 13.7. The molecule has 0 N–H and O–H groups in total. The zero-order valence-electron chi connectivity index (χ0n) is 8.79. The number of hydrogen-bond donors (Lipinski definition) is 0. The summed E-state index contributed by atoms with van der Waals surface area (Å²) in [6, 6.07) is 8.99. The molecule has 1 aromatic heterocycles. The lowest BCUT2D eigenvalue weighted by molar-refractivity contribution is 0.629. The molecule has 0 spiro atoms. The number of rotatable bonds is 1. The van der Waals surface area contributed by atoms with Gasteiger partial charge in [-0.2, -0.15) is 0 Å². The van der Waals surface area contributed by atoms with Crippen LogP contribution in [0.2, 0.25) is 0 Å². The summed E-state index contributed by atoms with van der Waals surface area (Å²) in [5.74, 6) is -0.211. The predicted octanol–water partition coefficient (Wildman–Crippen LogP) is 3.50. The number of hydrogen-bond acceptors (Lipinski definition) is 1. The molecule has 0 atom stereocenters. The number of aryl methyl sites for hydroxylation is 2.